The Labute approximate surface area is 188 Å². The third kappa shape index (κ3) is 4.22. The molecule has 5 nitrogen and oxygen atoms in total. The lowest BCUT2D eigenvalue weighted by atomic mass is 9.95. The summed E-state index contributed by atoms with van der Waals surface area (Å²) in [6, 6.07) is 6.75. The minimum atomic E-state index is -0.513. The summed E-state index contributed by atoms with van der Waals surface area (Å²) in [5.41, 5.74) is 3.98. The Balaban J connectivity index is 1.74. The number of esters is 1. The van der Waals surface area contributed by atoms with Crippen LogP contribution in [-0.4, -0.2) is 22.6 Å². The Kier molecular flexibility index (Phi) is 6.11. The van der Waals surface area contributed by atoms with Crippen molar-refractivity contribution in [2.24, 2.45) is 5.41 Å². The maximum Gasteiger partial charge on any atom is 0.311 e. The molecule has 0 radical (unpaired) electrons. The summed E-state index contributed by atoms with van der Waals surface area (Å²) >= 11 is 1.54. The molecular formula is C25H32N2O3S. The summed E-state index contributed by atoms with van der Waals surface area (Å²) in [5.74, 6) is 0.700. The summed E-state index contributed by atoms with van der Waals surface area (Å²) < 4.78 is 13.7. The van der Waals surface area contributed by atoms with E-state index in [1.54, 1.807) is 18.4 Å². The average Bonchev–Trinajstić information content (AvgIpc) is 3.33. The lowest BCUT2D eigenvalue weighted by Crippen LogP contribution is -2.22. The molecule has 6 heteroatoms. The standard InChI is InChI=1S/C25H32N2O3S/c1-16-22(19-15-31-21(26-19)14-30-24(28)25(2,3)4)18-12-9-13-20(29-5)23(18)27(16)17-10-7-6-8-11-17/h9,12-13,15,17H,6-8,10-11,14H2,1-5H3. The lowest BCUT2D eigenvalue weighted by molar-refractivity contribution is -0.154. The molecule has 0 bridgehead atoms. The molecule has 2 aromatic heterocycles. The Morgan fingerprint density at radius 2 is 1.97 bits per heavy atom. The number of nitrogens with zero attached hydrogens (tertiary/aromatic N) is 2. The van der Waals surface area contributed by atoms with Gasteiger partial charge in [0.15, 0.2) is 0 Å². The zero-order chi connectivity index (χ0) is 22.2. The fourth-order valence-corrected chi connectivity index (χ4v) is 5.27. The molecule has 31 heavy (non-hydrogen) atoms. The number of rotatable bonds is 5. The van der Waals surface area contributed by atoms with Gasteiger partial charge >= 0.3 is 5.97 Å². The maximum atomic E-state index is 12.1. The van der Waals surface area contributed by atoms with Gasteiger partial charge in [0, 0.05) is 28.1 Å². The first kappa shape index (κ1) is 21.9. The van der Waals surface area contributed by atoms with E-state index >= 15 is 0 Å². The first-order chi connectivity index (χ1) is 14.8. The quantitative estimate of drug-likeness (QED) is 0.415. The van der Waals surface area contributed by atoms with E-state index in [2.05, 4.69) is 22.9 Å². The van der Waals surface area contributed by atoms with Crippen molar-refractivity contribution in [3.8, 4) is 17.0 Å². The number of para-hydroxylation sites is 1. The molecule has 2 heterocycles. The summed E-state index contributed by atoms with van der Waals surface area (Å²) in [6.45, 7) is 7.99. The Bertz CT molecular complexity index is 1080. The van der Waals surface area contributed by atoms with Gasteiger partial charge in [-0.2, -0.15) is 0 Å². The average molecular weight is 441 g/mol. The number of fused-ring (bicyclic) bond motifs is 1. The van der Waals surface area contributed by atoms with Crippen molar-refractivity contribution in [2.45, 2.75) is 72.4 Å². The largest absolute Gasteiger partial charge is 0.495 e. The highest BCUT2D eigenvalue weighted by Gasteiger charge is 2.27. The molecule has 0 spiro atoms. The van der Waals surface area contributed by atoms with E-state index < -0.39 is 5.41 Å². The zero-order valence-corrected chi connectivity index (χ0v) is 20.0. The second kappa shape index (κ2) is 8.65. The number of benzene rings is 1. The smallest absolute Gasteiger partial charge is 0.311 e. The van der Waals surface area contributed by atoms with Crippen molar-refractivity contribution < 1.29 is 14.3 Å². The number of methoxy groups -OCH3 is 1. The van der Waals surface area contributed by atoms with E-state index in [1.165, 1.54) is 43.2 Å². The molecule has 0 amide bonds. The Hall–Kier alpha value is -2.34. The molecule has 0 unspecified atom stereocenters. The van der Waals surface area contributed by atoms with Gasteiger partial charge in [0.25, 0.3) is 0 Å². The van der Waals surface area contributed by atoms with Crippen LogP contribution in [-0.2, 0) is 16.1 Å². The predicted molar refractivity (Wildman–Crippen MR) is 126 cm³/mol. The zero-order valence-electron chi connectivity index (χ0n) is 19.2. The van der Waals surface area contributed by atoms with Crippen molar-refractivity contribution in [1.29, 1.82) is 0 Å². The van der Waals surface area contributed by atoms with Gasteiger partial charge in [-0.1, -0.05) is 31.4 Å². The van der Waals surface area contributed by atoms with Gasteiger partial charge in [-0.15, -0.1) is 11.3 Å². The van der Waals surface area contributed by atoms with Crippen molar-refractivity contribution in [1.82, 2.24) is 9.55 Å². The molecule has 4 rings (SSSR count). The van der Waals surface area contributed by atoms with Crippen LogP contribution in [0.4, 0.5) is 0 Å². The van der Waals surface area contributed by atoms with E-state index in [9.17, 15) is 4.79 Å². The van der Waals surface area contributed by atoms with Gasteiger partial charge in [0.05, 0.1) is 23.7 Å². The van der Waals surface area contributed by atoms with E-state index in [0.29, 0.717) is 6.04 Å². The van der Waals surface area contributed by atoms with Crippen LogP contribution in [0.2, 0.25) is 0 Å². The third-order valence-corrected chi connectivity index (χ3v) is 6.96. The monoisotopic (exact) mass is 440 g/mol. The summed E-state index contributed by atoms with van der Waals surface area (Å²) in [5, 5.41) is 4.06. The summed E-state index contributed by atoms with van der Waals surface area (Å²) in [4.78, 5) is 17.0. The highest BCUT2D eigenvalue weighted by atomic mass is 32.1. The van der Waals surface area contributed by atoms with Gasteiger partial charge in [-0.25, -0.2) is 4.98 Å². The molecule has 1 aliphatic rings. The number of ether oxygens (including phenoxy) is 2. The highest BCUT2D eigenvalue weighted by molar-refractivity contribution is 7.09. The normalized spacial score (nSPS) is 15.4. The molecule has 1 aromatic carbocycles. The number of hydrogen-bond acceptors (Lipinski definition) is 5. The molecular weight excluding hydrogens is 408 g/mol. The number of aromatic nitrogens is 2. The van der Waals surface area contributed by atoms with Crippen LogP contribution in [0, 0.1) is 12.3 Å². The first-order valence-electron chi connectivity index (χ1n) is 11.1. The molecule has 0 N–H and O–H groups in total. The van der Waals surface area contributed by atoms with Crippen molar-refractivity contribution in [3.63, 3.8) is 0 Å². The SMILES string of the molecule is COc1cccc2c(-c3csc(COC(=O)C(C)(C)C)n3)c(C)n(C3CCCCC3)c12. The van der Waals surface area contributed by atoms with Gasteiger partial charge in [-0.05, 0) is 46.6 Å². The van der Waals surface area contributed by atoms with Crippen LogP contribution in [0.15, 0.2) is 23.6 Å². The van der Waals surface area contributed by atoms with Gasteiger partial charge in [0.1, 0.15) is 17.4 Å². The Morgan fingerprint density at radius 1 is 1.23 bits per heavy atom. The molecule has 1 fully saturated rings. The molecule has 0 saturated heterocycles. The Morgan fingerprint density at radius 3 is 2.65 bits per heavy atom. The summed E-state index contributed by atoms with van der Waals surface area (Å²) in [6.07, 6.45) is 6.27. The van der Waals surface area contributed by atoms with E-state index in [-0.39, 0.29) is 12.6 Å². The van der Waals surface area contributed by atoms with E-state index in [4.69, 9.17) is 14.5 Å². The van der Waals surface area contributed by atoms with Crippen LogP contribution >= 0.6 is 11.3 Å². The minimum absolute atomic E-state index is 0.209. The number of hydrogen-bond donors (Lipinski definition) is 0. The first-order valence-corrected chi connectivity index (χ1v) is 12.0. The molecule has 0 atom stereocenters. The molecule has 1 saturated carbocycles. The lowest BCUT2D eigenvalue weighted by Gasteiger charge is -2.26. The fourth-order valence-electron chi connectivity index (χ4n) is 4.58. The topological polar surface area (TPSA) is 53.4 Å². The highest BCUT2D eigenvalue weighted by Crippen LogP contribution is 2.43. The van der Waals surface area contributed by atoms with E-state index in [1.807, 2.05) is 32.9 Å². The summed E-state index contributed by atoms with van der Waals surface area (Å²) in [7, 11) is 1.74. The van der Waals surface area contributed by atoms with Crippen LogP contribution in [0.1, 0.15) is 69.6 Å². The van der Waals surface area contributed by atoms with Crippen LogP contribution < -0.4 is 4.74 Å². The van der Waals surface area contributed by atoms with Gasteiger partial charge < -0.3 is 14.0 Å². The second-order valence-corrected chi connectivity index (χ2v) is 10.4. The van der Waals surface area contributed by atoms with Gasteiger partial charge in [-0.3, -0.25) is 4.79 Å². The van der Waals surface area contributed by atoms with Crippen molar-refractivity contribution in [3.05, 3.63) is 34.3 Å². The maximum absolute atomic E-state index is 12.1. The number of carbonyl (C=O) groups is 1. The fraction of sp³-hybridized carbons (Fsp3) is 0.520. The minimum Gasteiger partial charge on any atom is -0.495 e. The van der Waals surface area contributed by atoms with Crippen LogP contribution in [0.5, 0.6) is 5.75 Å². The van der Waals surface area contributed by atoms with Crippen LogP contribution in [0.25, 0.3) is 22.2 Å². The van der Waals surface area contributed by atoms with Crippen LogP contribution in [0.3, 0.4) is 0 Å². The third-order valence-electron chi connectivity index (χ3n) is 6.14. The number of thiazole rings is 1. The van der Waals surface area contributed by atoms with Crippen molar-refractivity contribution in [2.75, 3.05) is 7.11 Å². The number of carbonyl (C=O) groups excluding carboxylic acids is 1. The van der Waals surface area contributed by atoms with E-state index in [0.717, 1.165) is 27.5 Å². The molecule has 166 valence electrons. The van der Waals surface area contributed by atoms with Crippen molar-refractivity contribution >= 4 is 28.2 Å². The molecule has 1 aliphatic carbocycles. The predicted octanol–water partition coefficient (Wildman–Crippen LogP) is 6.68. The molecule has 3 aromatic rings. The van der Waals surface area contributed by atoms with Gasteiger partial charge in [0.2, 0.25) is 0 Å². The molecule has 0 aliphatic heterocycles. The second-order valence-electron chi connectivity index (χ2n) is 9.43.